The summed E-state index contributed by atoms with van der Waals surface area (Å²) < 4.78 is 6.10. The molecule has 0 saturated heterocycles. The van der Waals surface area contributed by atoms with Crippen LogP contribution in [0.15, 0.2) is 72.9 Å². The van der Waals surface area contributed by atoms with Crippen molar-refractivity contribution in [3.05, 3.63) is 95.3 Å². The molecule has 0 radical (unpaired) electrons. The van der Waals surface area contributed by atoms with E-state index in [1.807, 2.05) is 66.7 Å². The van der Waals surface area contributed by atoms with Crippen LogP contribution in [0.3, 0.4) is 0 Å². The molecule has 0 saturated carbocycles. The topological polar surface area (TPSA) is 52.1 Å². The third-order valence-corrected chi connectivity index (χ3v) is 3.75. The van der Waals surface area contributed by atoms with Crippen LogP contribution in [0.5, 0.6) is 0 Å². The van der Waals surface area contributed by atoms with E-state index < -0.39 is 0 Å². The van der Waals surface area contributed by atoms with Crippen molar-refractivity contribution in [1.82, 2.24) is 10.2 Å². The van der Waals surface area contributed by atoms with Gasteiger partial charge in [0.1, 0.15) is 12.4 Å². The molecule has 1 aromatic heterocycles. The molecule has 3 aromatic rings. The average molecular weight is 318 g/mol. The molecule has 2 aromatic carbocycles. The zero-order chi connectivity index (χ0) is 16.6. The number of hydrogen-bond donors (Lipinski definition) is 0. The summed E-state index contributed by atoms with van der Waals surface area (Å²) in [5, 5.41) is 8.14. The van der Waals surface area contributed by atoms with Gasteiger partial charge in [0.25, 0.3) is 0 Å². The van der Waals surface area contributed by atoms with Gasteiger partial charge in [-0.3, -0.25) is 4.79 Å². The van der Waals surface area contributed by atoms with E-state index in [1.54, 1.807) is 6.20 Å². The number of nitrogens with zero attached hydrogens (tertiary/aromatic N) is 2. The van der Waals surface area contributed by atoms with Crippen molar-refractivity contribution in [2.75, 3.05) is 0 Å². The van der Waals surface area contributed by atoms with Gasteiger partial charge in [0.15, 0.2) is 0 Å². The summed E-state index contributed by atoms with van der Waals surface area (Å²) >= 11 is 0. The van der Waals surface area contributed by atoms with Gasteiger partial charge in [0.2, 0.25) is 0 Å². The van der Waals surface area contributed by atoms with Crippen molar-refractivity contribution < 1.29 is 9.53 Å². The molecule has 0 aliphatic carbocycles. The van der Waals surface area contributed by atoms with E-state index in [-0.39, 0.29) is 6.10 Å². The lowest BCUT2D eigenvalue weighted by Crippen LogP contribution is -2.10. The van der Waals surface area contributed by atoms with Gasteiger partial charge in [0.05, 0.1) is 12.3 Å². The van der Waals surface area contributed by atoms with Crippen molar-refractivity contribution in [2.45, 2.75) is 19.1 Å². The molecule has 3 rings (SSSR count). The number of benzene rings is 2. The van der Waals surface area contributed by atoms with E-state index in [0.717, 1.165) is 23.1 Å². The minimum absolute atomic E-state index is 0.194. The number of rotatable bonds is 7. The fraction of sp³-hybridized carbons (Fsp3) is 0.150. The molecule has 120 valence electrons. The maximum atomic E-state index is 10.8. The highest BCUT2D eigenvalue weighted by atomic mass is 16.5. The lowest BCUT2D eigenvalue weighted by atomic mass is 10.0. The summed E-state index contributed by atoms with van der Waals surface area (Å²) in [4.78, 5) is 10.8. The number of carbonyl (C=O) groups is 1. The Balaban J connectivity index is 1.75. The van der Waals surface area contributed by atoms with E-state index in [1.165, 1.54) is 0 Å². The summed E-state index contributed by atoms with van der Waals surface area (Å²) in [6.45, 7) is 0.508. The molecule has 1 unspecified atom stereocenters. The van der Waals surface area contributed by atoms with Gasteiger partial charge in [-0.15, -0.1) is 0 Å². The van der Waals surface area contributed by atoms with Crippen molar-refractivity contribution >= 4 is 6.29 Å². The number of aromatic nitrogens is 2. The Morgan fingerprint density at radius 1 is 0.917 bits per heavy atom. The second kappa shape index (κ2) is 8.13. The number of ether oxygens (including phenoxy) is 1. The molecule has 0 spiro atoms. The fourth-order valence-corrected chi connectivity index (χ4v) is 2.45. The highest BCUT2D eigenvalue weighted by Gasteiger charge is 2.15. The monoisotopic (exact) mass is 318 g/mol. The highest BCUT2D eigenvalue weighted by molar-refractivity contribution is 5.74. The molecule has 1 atom stereocenters. The zero-order valence-electron chi connectivity index (χ0n) is 13.2. The molecule has 0 aliphatic heterocycles. The van der Waals surface area contributed by atoms with Crippen LogP contribution in [0.25, 0.3) is 0 Å². The van der Waals surface area contributed by atoms with Crippen LogP contribution in [0, 0.1) is 0 Å². The third-order valence-electron chi connectivity index (χ3n) is 3.75. The molecule has 4 heteroatoms. The van der Waals surface area contributed by atoms with Crippen LogP contribution in [0.2, 0.25) is 0 Å². The van der Waals surface area contributed by atoms with E-state index >= 15 is 0 Å². The summed E-state index contributed by atoms with van der Waals surface area (Å²) in [6.07, 6.45) is 2.97. The largest absolute Gasteiger partial charge is 0.367 e. The normalized spacial score (nSPS) is 11.8. The Kier molecular flexibility index (Phi) is 5.43. The minimum Gasteiger partial charge on any atom is -0.367 e. The Labute approximate surface area is 141 Å². The molecule has 4 nitrogen and oxygen atoms in total. The van der Waals surface area contributed by atoms with Crippen LogP contribution in [-0.4, -0.2) is 16.5 Å². The number of carbonyl (C=O) groups excluding carboxylic acids is 1. The standard InChI is InChI=1S/C20H18N2O2/c23-14-17-10-8-16(9-11-17)13-20(19-7-4-12-21-22-19)24-15-18-5-2-1-3-6-18/h1-12,14,20H,13,15H2. The Bertz CT molecular complexity index is 759. The first kappa shape index (κ1) is 16.0. The van der Waals surface area contributed by atoms with Crippen molar-refractivity contribution in [3.63, 3.8) is 0 Å². The van der Waals surface area contributed by atoms with Crippen LogP contribution in [-0.2, 0) is 17.8 Å². The maximum Gasteiger partial charge on any atom is 0.150 e. The first-order chi connectivity index (χ1) is 11.8. The van der Waals surface area contributed by atoms with Crippen LogP contribution >= 0.6 is 0 Å². The molecule has 0 amide bonds. The maximum absolute atomic E-state index is 10.8. The van der Waals surface area contributed by atoms with Gasteiger partial charge in [-0.2, -0.15) is 10.2 Å². The molecular formula is C20H18N2O2. The molecule has 0 bridgehead atoms. The van der Waals surface area contributed by atoms with E-state index in [0.29, 0.717) is 18.6 Å². The molecule has 0 aliphatic rings. The van der Waals surface area contributed by atoms with Gasteiger partial charge in [0, 0.05) is 18.2 Å². The van der Waals surface area contributed by atoms with E-state index in [9.17, 15) is 4.79 Å². The predicted molar refractivity (Wildman–Crippen MR) is 91.5 cm³/mol. The molecule has 0 N–H and O–H groups in total. The Morgan fingerprint density at radius 3 is 2.38 bits per heavy atom. The summed E-state index contributed by atoms with van der Waals surface area (Å²) in [5.41, 5.74) is 3.67. The Hall–Kier alpha value is -2.85. The predicted octanol–water partition coefficient (Wildman–Crippen LogP) is 3.79. The van der Waals surface area contributed by atoms with Gasteiger partial charge >= 0.3 is 0 Å². The van der Waals surface area contributed by atoms with Gasteiger partial charge < -0.3 is 4.74 Å². The van der Waals surface area contributed by atoms with Gasteiger partial charge in [-0.1, -0.05) is 54.6 Å². The number of hydrogen-bond acceptors (Lipinski definition) is 4. The average Bonchev–Trinajstić information content (AvgIpc) is 2.67. The Morgan fingerprint density at radius 2 is 1.71 bits per heavy atom. The lowest BCUT2D eigenvalue weighted by Gasteiger charge is -2.17. The lowest BCUT2D eigenvalue weighted by molar-refractivity contribution is 0.0365. The van der Waals surface area contributed by atoms with E-state index in [2.05, 4.69) is 10.2 Å². The van der Waals surface area contributed by atoms with Crippen molar-refractivity contribution in [3.8, 4) is 0 Å². The van der Waals surface area contributed by atoms with Crippen molar-refractivity contribution in [2.24, 2.45) is 0 Å². The molecule has 0 fully saturated rings. The zero-order valence-corrected chi connectivity index (χ0v) is 13.2. The second-order valence-corrected chi connectivity index (χ2v) is 5.50. The van der Waals surface area contributed by atoms with Crippen LogP contribution in [0.4, 0.5) is 0 Å². The van der Waals surface area contributed by atoms with Crippen LogP contribution in [0.1, 0.15) is 33.3 Å². The molecule has 24 heavy (non-hydrogen) atoms. The summed E-state index contributed by atoms with van der Waals surface area (Å²) in [6, 6.07) is 21.3. The summed E-state index contributed by atoms with van der Waals surface area (Å²) in [5.74, 6) is 0. The quantitative estimate of drug-likeness (QED) is 0.622. The fourth-order valence-electron chi connectivity index (χ4n) is 2.45. The van der Waals surface area contributed by atoms with Crippen molar-refractivity contribution in [1.29, 1.82) is 0 Å². The second-order valence-electron chi connectivity index (χ2n) is 5.50. The first-order valence-corrected chi connectivity index (χ1v) is 7.82. The number of aldehydes is 1. The molecule has 1 heterocycles. The van der Waals surface area contributed by atoms with Gasteiger partial charge in [-0.05, 0) is 23.3 Å². The summed E-state index contributed by atoms with van der Waals surface area (Å²) in [7, 11) is 0. The third kappa shape index (κ3) is 4.33. The van der Waals surface area contributed by atoms with E-state index in [4.69, 9.17) is 4.74 Å². The SMILES string of the molecule is O=Cc1ccc(CC(OCc2ccccc2)c2cccnn2)cc1. The van der Waals surface area contributed by atoms with Gasteiger partial charge in [-0.25, -0.2) is 0 Å². The smallest absolute Gasteiger partial charge is 0.150 e. The van der Waals surface area contributed by atoms with Crippen LogP contribution < -0.4 is 0 Å². The molecular weight excluding hydrogens is 300 g/mol. The minimum atomic E-state index is -0.194. The highest BCUT2D eigenvalue weighted by Crippen LogP contribution is 2.22. The first-order valence-electron chi connectivity index (χ1n) is 7.82.